The second kappa shape index (κ2) is 5.37. The van der Waals surface area contributed by atoms with E-state index in [9.17, 15) is 0 Å². The lowest BCUT2D eigenvalue weighted by Crippen LogP contribution is -2.02. The van der Waals surface area contributed by atoms with Crippen LogP contribution in [0.3, 0.4) is 0 Å². The molecule has 0 aliphatic carbocycles. The van der Waals surface area contributed by atoms with Gasteiger partial charge in [0.15, 0.2) is 0 Å². The zero-order valence-electron chi connectivity index (χ0n) is 11.9. The summed E-state index contributed by atoms with van der Waals surface area (Å²) in [5, 5.41) is 4.58. The van der Waals surface area contributed by atoms with Gasteiger partial charge in [-0.25, -0.2) is 0 Å². The van der Waals surface area contributed by atoms with Crippen LogP contribution in [0.4, 0.5) is 5.82 Å². The predicted molar refractivity (Wildman–Crippen MR) is 84.0 cm³/mol. The molecule has 0 bridgehead atoms. The summed E-state index contributed by atoms with van der Waals surface area (Å²) in [6, 6.07) is 6.32. The Balaban J connectivity index is 2.54. The molecular weight excluding hydrogens is 302 g/mol. The molecule has 3 nitrogen and oxygen atoms in total. The fourth-order valence-electron chi connectivity index (χ4n) is 2.16. The minimum atomic E-state index is 0.555. The summed E-state index contributed by atoms with van der Waals surface area (Å²) in [4.78, 5) is 0. The van der Waals surface area contributed by atoms with Gasteiger partial charge in [0.1, 0.15) is 5.82 Å². The summed E-state index contributed by atoms with van der Waals surface area (Å²) in [5.41, 5.74) is 10.6. The van der Waals surface area contributed by atoms with Gasteiger partial charge in [-0.05, 0) is 30.9 Å². The third-order valence-electron chi connectivity index (χ3n) is 3.25. The Bertz CT molecular complexity index is 600. The Morgan fingerprint density at radius 1 is 1.37 bits per heavy atom. The first kappa shape index (κ1) is 14.1. The highest BCUT2D eigenvalue weighted by atomic mass is 79.9. The molecule has 0 unspecified atom stereocenters. The van der Waals surface area contributed by atoms with Crippen molar-refractivity contribution in [3.8, 4) is 11.3 Å². The van der Waals surface area contributed by atoms with Crippen molar-refractivity contribution < 1.29 is 0 Å². The van der Waals surface area contributed by atoms with Crippen LogP contribution in [0.5, 0.6) is 0 Å². The molecule has 0 spiro atoms. The maximum Gasteiger partial charge on any atom is 0.125 e. The smallest absolute Gasteiger partial charge is 0.125 e. The molecule has 0 saturated carbocycles. The van der Waals surface area contributed by atoms with E-state index in [1.165, 1.54) is 5.56 Å². The first-order chi connectivity index (χ1) is 8.90. The van der Waals surface area contributed by atoms with E-state index in [1.807, 2.05) is 7.05 Å². The number of benzene rings is 1. The lowest BCUT2D eigenvalue weighted by atomic mass is 9.99. The van der Waals surface area contributed by atoms with Crippen molar-refractivity contribution in [2.45, 2.75) is 27.2 Å². The molecule has 1 heterocycles. The highest BCUT2D eigenvalue weighted by Gasteiger charge is 2.16. The Hall–Kier alpha value is -1.29. The molecule has 0 fully saturated rings. The van der Waals surface area contributed by atoms with E-state index in [0.717, 1.165) is 33.5 Å². The maximum atomic E-state index is 6.15. The van der Waals surface area contributed by atoms with E-state index >= 15 is 0 Å². The van der Waals surface area contributed by atoms with Crippen LogP contribution >= 0.6 is 15.9 Å². The summed E-state index contributed by atoms with van der Waals surface area (Å²) in [7, 11) is 1.89. The Morgan fingerprint density at radius 2 is 2.05 bits per heavy atom. The van der Waals surface area contributed by atoms with Gasteiger partial charge in [-0.2, -0.15) is 5.10 Å². The Morgan fingerprint density at radius 3 is 2.63 bits per heavy atom. The van der Waals surface area contributed by atoms with E-state index in [1.54, 1.807) is 4.68 Å². The van der Waals surface area contributed by atoms with E-state index in [-0.39, 0.29) is 0 Å². The third-order valence-corrected chi connectivity index (χ3v) is 4.11. The summed E-state index contributed by atoms with van der Waals surface area (Å²) in [6.45, 7) is 6.47. The van der Waals surface area contributed by atoms with Gasteiger partial charge in [0.25, 0.3) is 0 Å². The van der Waals surface area contributed by atoms with Gasteiger partial charge in [-0.1, -0.05) is 41.9 Å². The van der Waals surface area contributed by atoms with Gasteiger partial charge in [0.2, 0.25) is 0 Å². The van der Waals surface area contributed by atoms with Crippen LogP contribution in [-0.4, -0.2) is 9.78 Å². The van der Waals surface area contributed by atoms with Crippen molar-refractivity contribution in [3.63, 3.8) is 0 Å². The van der Waals surface area contributed by atoms with Crippen LogP contribution < -0.4 is 5.73 Å². The summed E-state index contributed by atoms with van der Waals surface area (Å²) < 4.78 is 2.87. The Labute approximate surface area is 122 Å². The van der Waals surface area contributed by atoms with Crippen LogP contribution in [0.1, 0.15) is 25.0 Å². The molecule has 102 valence electrons. The molecule has 0 aliphatic heterocycles. The fraction of sp³-hybridized carbons (Fsp3) is 0.400. The average Bonchev–Trinajstić information content (AvgIpc) is 2.60. The van der Waals surface area contributed by atoms with Gasteiger partial charge >= 0.3 is 0 Å². The highest BCUT2D eigenvalue weighted by Crippen LogP contribution is 2.31. The van der Waals surface area contributed by atoms with E-state index in [2.05, 4.69) is 60.0 Å². The predicted octanol–water partition coefficient (Wildman–Crippen LogP) is 3.94. The quantitative estimate of drug-likeness (QED) is 0.930. The van der Waals surface area contributed by atoms with Crippen LogP contribution in [-0.2, 0) is 13.5 Å². The number of aryl methyl sites for hydroxylation is 2. The van der Waals surface area contributed by atoms with Crippen LogP contribution in [0.2, 0.25) is 0 Å². The van der Waals surface area contributed by atoms with Crippen LogP contribution in [0.15, 0.2) is 22.7 Å². The summed E-state index contributed by atoms with van der Waals surface area (Å²) >= 11 is 3.58. The standard InChI is InChI=1S/C15H20BrN3/c1-9(2)7-12-14(18-19(4)15(12)17)11-6-5-10(3)13(16)8-11/h5-6,8-9H,7,17H2,1-4H3. The van der Waals surface area contributed by atoms with Crippen molar-refractivity contribution in [2.24, 2.45) is 13.0 Å². The molecule has 4 heteroatoms. The van der Waals surface area contributed by atoms with Crippen molar-refractivity contribution >= 4 is 21.7 Å². The molecule has 0 radical (unpaired) electrons. The number of nitrogens with zero attached hydrogens (tertiary/aromatic N) is 2. The summed E-state index contributed by atoms with van der Waals surface area (Å²) in [5.74, 6) is 1.32. The largest absolute Gasteiger partial charge is 0.384 e. The van der Waals surface area contributed by atoms with E-state index in [0.29, 0.717) is 5.92 Å². The van der Waals surface area contributed by atoms with Gasteiger partial charge in [-0.15, -0.1) is 0 Å². The number of rotatable bonds is 3. The van der Waals surface area contributed by atoms with Crippen molar-refractivity contribution in [2.75, 3.05) is 5.73 Å². The number of hydrogen-bond donors (Lipinski definition) is 1. The lowest BCUT2D eigenvalue weighted by Gasteiger charge is -2.08. The topological polar surface area (TPSA) is 43.8 Å². The van der Waals surface area contributed by atoms with Gasteiger partial charge in [0.05, 0.1) is 5.69 Å². The minimum Gasteiger partial charge on any atom is -0.384 e. The van der Waals surface area contributed by atoms with Crippen molar-refractivity contribution in [1.82, 2.24) is 9.78 Å². The second-order valence-electron chi connectivity index (χ2n) is 5.40. The zero-order chi connectivity index (χ0) is 14.2. The highest BCUT2D eigenvalue weighted by molar-refractivity contribution is 9.10. The van der Waals surface area contributed by atoms with E-state index < -0.39 is 0 Å². The minimum absolute atomic E-state index is 0.555. The van der Waals surface area contributed by atoms with Gasteiger partial charge in [-0.3, -0.25) is 4.68 Å². The normalized spacial score (nSPS) is 11.3. The number of nitrogens with two attached hydrogens (primary N) is 1. The molecule has 0 atom stereocenters. The molecule has 1 aromatic heterocycles. The zero-order valence-corrected chi connectivity index (χ0v) is 13.5. The van der Waals surface area contributed by atoms with E-state index in [4.69, 9.17) is 5.73 Å². The molecule has 2 aromatic rings. The number of hydrogen-bond acceptors (Lipinski definition) is 2. The van der Waals surface area contributed by atoms with Crippen molar-refractivity contribution in [1.29, 1.82) is 0 Å². The monoisotopic (exact) mass is 321 g/mol. The Kier molecular flexibility index (Phi) is 3.99. The molecule has 2 N–H and O–H groups in total. The molecule has 0 saturated heterocycles. The fourth-order valence-corrected chi connectivity index (χ4v) is 2.54. The first-order valence-corrected chi connectivity index (χ1v) is 7.27. The summed E-state index contributed by atoms with van der Waals surface area (Å²) in [6.07, 6.45) is 0.945. The van der Waals surface area contributed by atoms with Gasteiger partial charge in [0, 0.05) is 22.6 Å². The SMILES string of the molecule is Cc1ccc(-c2nn(C)c(N)c2CC(C)C)cc1Br. The number of anilines is 1. The number of aromatic nitrogens is 2. The maximum absolute atomic E-state index is 6.15. The lowest BCUT2D eigenvalue weighted by molar-refractivity contribution is 0.648. The number of nitrogen functional groups attached to an aromatic ring is 1. The molecule has 0 amide bonds. The third kappa shape index (κ3) is 2.84. The average molecular weight is 322 g/mol. The molecule has 2 rings (SSSR count). The first-order valence-electron chi connectivity index (χ1n) is 6.48. The van der Waals surface area contributed by atoms with Crippen LogP contribution in [0.25, 0.3) is 11.3 Å². The molecule has 1 aromatic carbocycles. The second-order valence-corrected chi connectivity index (χ2v) is 6.25. The van der Waals surface area contributed by atoms with Gasteiger partial charge < -0.3 is 5.73 Å². The van der Waals surface area contributed by atoms with Crippen molar-refractivity contribution in [3.05, 3.63) is 33.8 Å². The van der Waals surface area contributed by atoms with Crippen LogP contribution in [0, 0.1) is 12.8 Å². The molecule has 19 heavy (non-hydrogen) atoms. The number of halogens is 1. The molecule has 0 aliphatic rings. The molecular formula is C15H20BrN3.